The van der Waals surface area contributed by atoms with Crippen LogP contribution in [0.25, 0.3) is 0 Å². The van der Waals surface area contributed by atoms with E-state index < -0.39 is 0 Å². The first-order chi connectivity index (χ1) is 12.3. The number of allylic oxidation sites excluding steroid dienone is 1. The van der Waals surface area contributed by atoms with Gasteiger partial charge in [0.15, 0.2) is 0 Å². The summed E-state index contributed by atoms with van der Waals surface area (Å²) in [5.41, 5.74) is 2.79. The molecule has 0 N–H and O–H groups in total. The molecule has 0 saturated heterocycles. The predicted octanol–water partition coefficient (Wildman–Crippen LogP) is 6.66. The van der Waals surface area contributed by atoms with Crippen LogP contribution in [0.3, 0.4) is 0 Å². The fourth-order valence-corrected chi connectivity index (χ4v) is 4.92. The van der Waals surface area contributed by atoms with E-state index in [0.29, 0.717) is 13.2 Å². The first-order valence-corrected chi connectivity index (χ1v) is 10.2. The first-order valence-electron chi connectivity index (χ1n) is 10.2. The maximum Gasteiger partial charge on any atom is 0.0721 e. The number of benzene rings is 1. The van der Waals surface area contributed by atoms with Crippen molar-refractivity contribution in [1.82, 2.24) is 0 Å². The molecule has 2 saturated carbocycles. The third-order valence-corrected chi connectivity index (χ3v) is 6.54. The van der Waals surface area contributed by atoms with Gasteiger partial charge in [0.25, 0.3) is 0 Å². The molecule has 0 heterocycles. The lowest BCUT2D eigenvalue weighted by Crippen LogP contribution is -2.25. The SMILES string of the molecule is C=CCOCc1ccc(C2CCC([C@H]3CC[C@H](C=C)CC3)CC2)cc1. The monoisotopic (exact) mass is 338 g/mol. The van der Waals surface area contributed by atoms with Gasteiger partial charge in [0.1, 0.15) is 0 Å². The molecule has 2 aliphatic rings. The van der Waals surface area contributed by atoms with E-state index in [1.807, 2.05) is 0 Å². The summed E-state index contributed by atoms with van der Waals surface area (Å²) in [4.78, 5) is 0. The Morgan fingerprint density at radius 2 is 1.44 bits per heavy atom. The van der Waals surface area contributed by atoms with Crippen LogP contribution in [0, 0.1) is 17.8 Å². The topological polar surface area (TPSA) is 9.23 Å². The molecule has 1 heteroatoms. The molecule has 1 aromatic carbocycles. The Labute approximate surface area is 154 Å². The van der Waals surface area contributed by atoms with Gasteiger partial charge in [-0.25, -0.2) is 0 Å². The Morgan fingerprint density at radius 3 is 2.00 bits per heavy atom. The third-order valence-electron chi connectivity index (χ3n) is 6.54. The van der Waals surface area contributed by atoms with Crippen LogP contribution >= 0.6 is 0 Å². The second-order valence-corrected chi connectivity index (χ2v) is 8.07. The van der Waals surface area contributed by atoms with Crippen molar-refractivity contribution in [2.45, 2.75) is 63.9 Å². The molecule has 0 radical (unpaired) electrons. The van der Waals surface area contributed by atoms with Crippen molar-refractivity contribution in [3.05, 3.63) is 60.7 Å². The van der Waals surface area contributed by atoms with Gasteiger partial charge < -0.3 is 4.74 Å². The number of ether oxygens (including phenoxy) is 1. The van der Waals surface area contributed by atoms with Crippen molar-refractivity contribution in [3.63, 3.8) is 0 Å². The number of hydrogen-bond donors (Lipinski definition) is 0. The molecule has 0 spiro atoms. The zero-order chi connectivity index (χ0) is 17.5. The summed E-state index contributed by atoms with van der Waals surface area (Å²) in [5.74, 6) is 3.53. The van der Waals surface area contributed by atoms with Gasteiger partial charge in [0.05, 0.1) is 13.2 Å². The number of rotatable bonds is 7. The highest BCUT2D eigenvalue weighted by molar-refractivity contribution is 5.25. The largest absolute Gasteiger partial charge is 0.373 e. The highest BCUT2D eigenvalue weighted by Gasteiger charge is 2.30. The Kier molecular flexibility index (Phi) is 6.93. The molecule has 0 unspecified atom stereocenters. The van der Waals surface area contributed by atoms with Gasteiger partial charge in [0, 0.05) is 0 Å². The lowest BCUT2D eigenvalue weighted by atomic mass is 9.68. The van der Waals surface area contributed by atoms with E-state index in [2.05, 4.69) is 43.5 Å². The summed E-state index contributed by atoms with van der Waals surface area (Å²) >= 11 is 0. The average Bonchev–Trinajstić information content (AvgIpc) is 2.69. The molecule has 2 aliphatic carbocycles. The minimum atomic E-state index is 0.625. The predicted molar refractivity (Wildman–Crippen MR) is 107 cm³/mol. The highest BCUT2D eigenvalue weighted by atomic mass is 16.5. The maximum absolute atomic E-state index is 5.53. The third kappa shape index (κ3) is 5.07. The van der Waals surface area contributed by atoms with Gasteiger partial charge in [-0.3, -0.25) is 0 Å². The quantitative estimate of drug-likeness (QED) is 0.399. The van der Waals surface area contributed by atoms with Crippen molar-refractivity contribution in [3.8, 4) is 0 Å². The second kappa shape index (κ2) is 9.38. The molecule has 2 fully saturated rings. The molecule has 25 heavy (non-hydrogen) atoms. The lowest BCUT2D eigenvalue weighted by Gasteiger charge is -2.37. The van der Waals surface area contributed by atoms with E-state index >= 15 is 0 Å². The van der Waals surface area contributed by atoms with Gasteiger partial charge in [-0.15, -0.1) is 13.2 Å². The normalized spacial score (nSPS) is 29.9. The Balaban J connectivity index is 1.45. The molecule has 1 nitrogen and oxygen atoms in total. The average molecular weight is 339 g/mol. The Bertz CT molecular complexity index is 528. The van der Waals surface area contributed by atoms with Crippen LogP contribution in [0.1, 0.15) is 68.4 Å². The van der Waals surface area contributed by atoms with Crippen LogP contribution in [-0.4, -0.2) is 6.61 Å². The zero-order valence-electron chi connectivity index (χ0n) is 15.7. The van der Waals surface area contributed by atoms with Crippen LogP contribution in [0.4, 0.5) is 0 Å². The lowest BCUT2D eigenvalue weighted by molar-refractivity contribution is 0.149. The van der Waals surface area contributed by atoms with Crippen molar-refractivity contribution >= 4 is 0 Å². The van der Waals surface area contributed by atoms with E-state index in [9.17, 15) is 0 Å². The standard InChI is InChI=1S/C24H34O/c1-3-17-25-18-20-7-11-22(12-8-20)24-15-13-23(14-16-24)21-9-5-19(4-2)6-10-21/h3-4,7-8,11-12,19,21,23-24H,1-2,5-6,9-10,13-18H2/t19-,21-,23?,24?. The second-order valence-electron chi connectivity index (χ2n) is 8.07. The van der Waals surface area contributed by atoms with Crippen LogP contribution in [0.5, 0.6) is 0 Å². The van der Waals surface area contributed by atoms with Crippen molar-refractivity contribution in [1.29, 1.82) is 0 Å². The molecule has 0 aliphatic heterocycles. The molecule has 0 amide bonds. The van der Waals surface area contributed by atoms with Crippen molar-refractivity contribution < 1.29 is 4.74 Å². The summed E-state index contributed by atoms with van der Waals surface area (Å²) in [7, 11) is 0. The summed E-state index contributed by atoms with van der Waals surface area (Å²) in [6, 6.07) is 9.13. The van der Waals surface area contributed by atoms with Crippen molar-refractivity contribution in [2.24, 2.45) is 17.8 Å². The molecule has 0 bridgehead atoms. The van der Waals surface area contributed by atoms with Gasteiger partial charge in [-0.05, 0) is 86.2 Å². The van der Waals surface area contributed by atoms with Gasteiger partial charge in [-0.2, -0.15) is 0 Å². The molecular weight excluding hydrogens is 304 g/mol. The van der Waals surface area contributed by atoms with Crippen LogP contribution in [0.15, 0.2) is 49.6 Å². The van der Waals surface area contributed by atoms with E-state index in [1.165, 1.54) is 62.5 Å². The van der Waals surface area contributed by atoms with E-state index in [4.69, 9.17) is 4.74 Å². The summed E-state index contributed by atoms with van der Waals surface area (Å²) in [6.45, 7) is 8.98. The Hall–Kier alpha value is -1.34. The van der Waals surface area contributed by atoms with E-state index in [-0.39, 0.29) is 0 Å². The van der Waals surface area contributed by atoms with Crippen molar-refractivity contribution in [2.75, 3.05) is 6.61 Å². The van der Waals surface area contributed by atoms with Gasteiger partial charge >= 0.3 is 0 Å². The molecule has 0 atom stereocenters. The summed E-state index contributed by atoms with van der Waals surface area (Å²) in [6.07, 6.45) is 15.2. The summed E-state index contributed by atoms with van der Waals surface area (Å²) in [5, 5.41) is 0. The zero-order valence-corrected chi connectivity index (χ0v) is 15.7. The van der Waals surface area contributed by atoms with E-state index in [0.717, 1.165) is 23.7 Å². The summed E-state index contributed by atoms with van der Waals surface area (Å²) < 4.78 is 5.53. The fourth-order valence-electron chi connectivity index (χ4n) is 4.92. The molecule has 1 aromatic rings. The van der Waals surface area contributed by atoms with Gasteiger partial charge in [-0.1, -0.05) is 36.4 Å². The molecule has 3 rings (SSSR count). The molecular formula is C24H34O. The minimum absolute atomic E-state index is 0.625. The van der Waals surface area contributed by atoms with Crippen LogP contribution in [0.2, 0.25) is 0 Å². The maximum atomic E-state index is 5.53. The smallest absolute Gasteiger partial charge is 0.0721 e. The fraction of sp³-hybridized carbons (Fsp3) is 0.583. The molecule has 136 valence electrons. The molecule has 0 aromatic heterocycles. The minimum Gasteiger partial charge on any atom is -0.373 e. The van der Waals surface area contributed by atoms with E-state index in [1.54, 1.807) is 6.08 Å². The number of hydrogen-bond acceptors (Lipinski definition) is 1. The van der Waals surface area contributed by atoms with Gasteiger partial charge in [0.2, 0.25) is 0 Å². The first kappa shape index (κ1) is 18.5. The van der Waals surface area contributed by atoms with Crippen LogP contribution in [-0.2, 0) is 11.3 Å². The highest BCUT2D eigenvalue weighted by Crippen LogP contribution is 2.44. The van der Waals surface area contributed by atoms with Crippen LogP contribution < -0.4 is 0 Å². The Morgan fingerprint density at radius 1 is 0.840 bits per heavy atom.